The van der Waals surface area contributed by atoms with Crippen molar-refractivity contribution in [2.75, 3.05) is 11.9 Å². The molecule has 2 amide bonds. The average molecular weight is 445 g/mol. The minimum atomic E-state index is -0.200. The number of carbonyl (C=O) groups is 2. The summed E-state index contributed by atoms with van der Waals surface area (Å²) in [6.45, 7) is 3.17. The van der Waals surface area contributed by atoms with Gasteiger partial charge in [-0.2, -0.15) is 0 Å². The fourth-order valence-electron chi connectivity index (χ4n) is 7.33. The molecule has 0 spiro atoms. The lowest BCUT2D eigenvalue weighted by molar-refractivity contribution is -0.140. The molecule has 1 aromatic heterocycles. The molecule has 0 atom stereocenters. The minimum Gasteiger partial charge on any atom is -0.332 e. The van der Waals surface area contributed by atoms with E-state index in [4.69, 9.17) is 0 Å². The number of anilines is 1. The third-order valence-electron chi connectivity index (χ3n) is 8.66. The summed E-state index contributed by atoms with van der Waals surface area (Å²) in [5.41, 5.74) is 3.56. The normalized spacial score (nSPS) is 29.6. The van der Waals surface area contributed by atoms with Gasteiger partial charge < -0.3 is 10.2 Å². The Morgan fingerprint density at radius 1 is 1.03 bits per heavy atom. The molecule has 172 valence electrons. The summed E-state index contributed by atoms with van der Waals surface area (Å²) in [6, 6.07) is 7.86. The number of hydrogen-bond acceptors (Lipinski definition) is 4. The highest BCUT2D eigenvalue weighted by Crippen LogP contribution is 2.60. The highest BCUT2D eigenvalue weighted by molar-refractivity contribution is 5.96. The molecule has 4 saturated carbocycles. The van der Waals surface area contributed by atoms with Gasteiger partial charge in [-0.3, -0.25) is 9.59 Å². The molecule has 33 heavy (non-hydrogen) atoms. The first-order valence-corrected chi connectivity index (χ1v) is 12.6. The number of nitrogens with zero attached hydrogens (tertiary/aromatic N) is 3. The number of benzene rings is 1. The van der Waals surface area contributed by atoms with Gasteiger partial charge in [-0.05, 0) is 86.8 Å². The van der Waals surface area contributed by atoms with Crippen LogP contribution in [-0.4, -0.2) is 33.2 Å². The van der Waals surface area contributed by atoms with Crippen molar-refractivity contribution in [3.05, 3.63) is 53.0 Å². The van der Waals surface area contributed by atoms with Gasteiger partial charge >= 0.3 is 0 Å². The van der Waals surface area contributed by atoms with Crippen LogP contribution in [0.15, 0.2) is 30.6 Å². The van der Waals surface area contributed by atoms with Crippen LogP contribution in [0.25, 0.3) is 0 Å². The van der Waals surface area contributed by atoms with Crippen LogP contribution in [0.3, 0.4) is 0 Å². The molecule has 4 aliphatic carbocycles. The smallest absolute Gasteiger partial charge is 0.254 e. The summed E-state index contributed by atoms with van der Waals surface area (Å²) in [7, 11) is 0. The molecule has 0 unspecified atom stereocenters. The van der Waals surface area contributed by atoms with Gasteiger partial charge in [0.15, 0.2) is 0 Å². The van der Waals surface area contributed by atoms with Gasteiger partial charge in [0.1, 0.15) is 12.1 Å². The molecule has 2 aromatic rings. The number of nitrogens with one attached hydrogen (secondary N) is 1. The van der Waals surface area contributed by atoms with Crippen molar-refractivity contribution in [3.8, 4) is 0 Å². The zero-order valence-corrected chi connectivity index (χ0v) is 19.3. The van der Waals surface area contributed by atoms with Gasteiger partial charge in [0.05, 0.1) is 17.7 Å². The van der Waals surface area contributed by atoms with Crippen LogP contribution in [0.2, 0.25) is 0 Å². The Balaban J connectivity index is 1.18. The van der Waals surface area contributed by atoms with Gasteiger partial charge in [-0.1, -0.05) is 19.1 Å². The standard InChI is InChI=1S/C27H32N4O2/c1-2-17-3-5-21(6-4-17)25(32)31-8-7-22-23(15-31)28-16-29-24(22)30-26(33)27-12-18-9-19(13-27)11-20(10-18)14-27/h3-6,16,18-20H,2,7-15H2,1H3,(H,28,29,30,33). The average Bonchev–Trinajstić information content (AvgIpc) is 2.82. The van der Waals surface area contributed by atoms with Crippen molar-refractivity contribution in [2.24, 2.45) is 23.2 Å². The molecule has 5 aliphatic rings. The first kappa shape index (κ1) is 20.8. The van der Waals surface area contributed by atoms with E-state index in [1.54, 1.807) is 0 Å². The number of aromatic nitrogens is 2. The van der Waals surface area contributed by atoms with E-state index in [9.17, 15) is 9.59 Å². The number of fused-ring (bicyclic) bond motifs is 1. The molecule has 0 radical (unpaired) electrons. The molecular formula is C27H32N4O2. The minimum absolute atomic E-state index is 0.0288. The fourth-order valence-corrected chi connectivity index (χ4v) is 7.33. The summed E-state index contributed by atoms with van der Waals surface area (Å²) in [6.07, 6.45) is 10.2. The predicted molar refractivity (Wildman–Crippen MR) is 126 cm³/mol. The Bertz CT molecular complexity index is 1060. The van der Waals surface area contributed by atoms with E-state index in [2.05, 4.69) is 22.2 Å². The molecule has 7 rings (SSSR count). The van der Waals surface area contributed by atoms with Crippen LogP contribution < -0.4 is 5.32 Å². The van der Waals surface area contributed by atoms with E-state index >= 15 is 0 Å². The van der Waals surface area contributed by atoms with Crippen LogP contribution >= 0.6 is 0 Å². The maximum absolute atomic E-state index is 13.5. The number of amides is 2. The van der Waals surface area contributed by atoms with Crippen molar-refractivity contribution in [1.29, 1.82) is 0 Å². The molecule has 1 aliphatic heterocycles. The molecule has 4 bridgehead atoms. The lowest BCUT2D eigenvalue weighted by Crippen LogP contribution is -2.52. The van der Waals surface area contributed by atoms with Gasteiger partial charge in [0, 0.05) is 17.7 Å². The van der Waals surface area contributed by atoms with Crippen molar-refractivity contribution in [3.63, 3.8) is 0 Å². The molecule has 0 saturated heterocycles. The van der Waals surface area contributed by atoms with E-state index < -0.39 is 0 Å². The third kappa shape index (κ3) is 3.64. The second-order valence-electron chi connectivity index (χ2n) is 10.8. The monoisotopic (exact) mass is 444 g/mol. The molecule has 1 N–H and O–H groups in total. The fraction of sp³-hybridized carbons (Fsp3) is 0.556. The van der Waals surface area contributed by atoms with Crippen LogP contribution in [0, 0.1) is 23.2 Å². The Morgan fingerprint density at radius 2 is 1.70 bits per heavy atom. The quantitative estimate of drug-likeness (QED) is 0.759. The van der Waals surface area contributed by atoms with E-state index in [0.717, 1.165) is 54.7 Å². The van der Waals surface area contributed by atoms with E-state index in [1.807, 2.05) is 29.2 Å². The van der Waals surface area contributed by atoms with Gasteiger partial charge in [-0.15, -0.1) is 0 Å². The Morgan fingerprint density at radius 3 is 2.33 bits per heavy atom. The topological polar surface area (TPSA) is 75.2 Å². The van der Waals surface area contributed by atoms with Gasteiger partial charge in [0.25, 0.3) is 5.91 Å². The molecule has 4 fully saturated rings. The van der Waals surface area contributed by atoms with Crippen molar-refractivity contribution >= 4 is 17.6 Å². The summed E-state index contributed by atoms with van der Waals surface area (Å²) in [4.78, 5) is 37.4. The highest BCUT2D eigenvalue weighted by Gasteiger charge is 2.54. The molecule has 2 heterocycles. The first-order valence-electron chi connectivity index (χ1n) is 12.6. The lowest BCUT2D eigenvalue weighted by Gasteiger charge is -2.55. The van der Waals surface area contributed by atoms with Gasteiger partial charge in [-0.25, -0.2) is 9.97 Å². The predicted octanol–water partition coefficient (Wildman–Crippen LogP) is 4.39. The van der Waals surface area contributed by atoms with E-state index in [-0.39, 0.29) is 17.2 Å². The Labute approximate surface area is 195 Å². The highest BCUT2D eigenvalue weighted by atomic mass is 16.2. The number of aryl methyl sites for hydroxylation is 1. The van der Waals surface area contributed by atoms with E-state index in [1.165, 1.54) is 31.2 Å². The third-order valence-corrected chi connectivity index (χ3v) is 8.66. The van der Waals surface area contributed by atoms with E-state index in [0.29, 0.717) is 30.9 Å². The molecule has 1 aromatic carbocycles. The SMILES string of the molecule is CCc1ccc(C(=O)N2CCc3c(ncnc3NC(=O)C34CC5CC(CC(C5)C3)C4)C2)cc1. The first-order chi connectivity index (χ1) is 16.0. The molecule has 6 heteroatoms. The maximum Gasteiger partial charge on any atom is 0.254 e. The molecular weight excluding hydrogens is 412 g/mol. The van der Waals surface area contributed by atoms with Crippen molar-refractivity contribution < 1.29 is 9.59 Å². The number of rotatable bonds is 4. The largest absolute Gasteiger partial charge is 0.332 e. The molecule has 6 nitrogen and oxygen atoms in total. The van der Waals surface area contributed by atoms with Crippen LogP contribution in [0.5, 0.6) is 0 Å². The van der Waals surface area contributed by atoms with Crippen LogP contribution in [0.4, 0.5) is 5.82 Å². The zero-order valence-electron chi connectivity index (χ0n) is 19.3. The van der Waals surface area contributed by atoms with Gasteiger partial charge in [0.2, 0.25) is 5.91 Å². The second-order valence-corrected chi connectivity index (χ2v) is 10.8. The Kier molecular flexibility index (Phi) is 5.00. The maximum atomic E-state index is 13.5. The zero-order chi connectivity index (χ0) is 22.6. The van der Waals surface area contributed by atoms with Crippen LogP contribution in [0.1, 0.15) is 72.6 Å². The summed E-state index contributed by atoms with van der Waals surface area (Å²) >= 11 is 0. The van der Waals surface area contributed by atoms with Crippen LogP contribution in [-0.2, 0) is 24.2 Å². The number of hydrogen-bond donors (Lipinski definition) is 1. The Hall–Kier alpha value is -2.76. The second kappa shape index (κ2) is 7.93. The lowest BCUT2D eigenvalue weighted by atomic mass is 9.49. The van der Waals surface area contributed by atoms with Crippen molar-refractivity contribution in [2.45, 2.75) is 64.8 Å². The summed E-state index contributed by atoms with van der Waals surface area (Å²) in [5, 5.41) is 3.22. The number of carbonyl (C=O) groups excluding carboxylic acids is 2. The van der Waals surface area contributed by atoms with Crippen molar-refractivity contribution in [1.82, 2.24) is 14.9 Å². The summed E-state index contributed by atoms with van der Waals surface area (Å²) < 4.78 is 0. The summed E-state index contributed by atoms with van der Waals surface area (Å²) in [5.74, 6) is 3.03.